The first kappa shape index (κ1) is 28.4. The van der Waals surface area contributed by atoms with Crippen molar-refractivity contribution in [2.75, 3.05) is 19.8 Å². The van der Waals surface area contributed by atoms with Gasteiger partial charge in [0.2, 0.25) is 0 Å². The SMILES string of the molecule is CCCCCCCOc1ccc(C(=O)Oc2ccc(C(=O)O[C@@H](C)COCCCCC)cc2)cc1. The maximum atomic E-state index is 12.4. The van der Waals surface area contributed by atoms with Crippen LogP contribution in [0.4, 0.5) is 0 Å². The topological polar surface area (TPSA) is 71.1 Å². The van der Waals surface area contributed by atoms with Crippen molar-refractivity contribution in [1.82, 2.24) is 0 Å². The molecule has 1 atom stereocenters. The monoisotopic (exact) mass is 484 g/mol. The second-order valence-corrected chi connectivity index (χ2v) is 8.70. The number of unbranched alkanes of at least 4 members (excludes halogenated alkanes) is 6. The molecule has 0 aliphatic rings. The van der Waals surface area contributed by atoms with Gasteiger partial charge in [-0.2, -0.15) is 0 Å². The smallest absolute Gasteiger partial charge is 0.343 e. The third-order valence-electron chi connectivity index (χ3n) is 5.46. The molecule has 2 aromatic rings. The Morgan fingerprint density at radius 1 is 0.686 bits per heavy atom. The fourth-order valence-corrected chi connectivity index (χ4v) is 3.40. The maximum Gasteiger partial charge on any atom is 0.343 e. The normalized spacial score (nSPS) is 11.6. The zero-order chi connectivity index (χ0) is 25.3. The third kappa shape index (κ3) is 11.4. The summed E-state index contributed by atoms with van der Waals surface area (Å²) in [6, 6.07) is 13.2. The second-order valence-electron chi connectivity index (χ2n) is 8.70. The first-order valence-electron chi connectivity index (χ1n) is 12.9. The molecule has 0 saturated carbocycles. The lowest BCUT2D eigenvalue weighted by atomic mass is 10.2. The highest BCUT2D eigenvalue weighted by molar-refractivity contribution is 5.92. The van der Waals surface area contributed by atoms with E-state index in [4.69, 9.17) is 18.9 Å². The predicted molar refractivity (Wildman–Crippen MR) is 137 cm³/mol. The van der Waals surface area contributed by atoms with Crippen LogP contribution >= 0.6 is 0 Å². The molecular formula is C29H40O6. The van der Waals surface area contributed by atoms with Gasteiger partial charge >= 0.3 is 11.9 Å². The molecule has 0 spiro atoms. The van der Waals surface area contributed by atoms with Crippen LogP contribution in [0.15, 0.2) is 48.5 Å². The van der Waals surface area contributed by atoms with Crippen molar-refractivity contribution < 1.29 is 28.5 Å². The summed E-state index contributed by atoms with van der Waals surface area (Å²) in [5.41, 5.74) is 0.815. The fourth-order valence-electron chi connectivity index (χ4n) is 3.40. The Balaban J connectivity index is 1.74. The lowest BCUT2D eigenvalue weighted by molar-refractivity contribution is 0.00156. The molecule has 0 unspecified atom stereocenters. The van der Waals surface area contributed by atoms with Crippen LogP contribution in [0.5, 0.6) is 11.5 Å². The number of rotatable bonds is 17. The molecular weight excluding hydrogens is 444 g/mol. The molecule has 0 N–H and O–H groups in total. The van der Waals surface area contributed by atoms with Gasteiger partial charge in [0.25, 0.3) is 0 Å². The zero-order valence-corrected chi connectivity index (χ0v) is 21.4. The molecule has 0 bridgehead atoms. The number of esters is 2. The Hall–Kier alpha value is -2.86. The van der Waals surface area contributed by atoms with E-state index in [0.717, 1.165) is 31.4 Å². The van der Waals surface area contributed by atoms with E-state index >= 15 is 0 Å². The lowest BCUT2D eigenvalue weighted by Gasteiger charge is -2.14. The average molecular weight is 485 g/mol. The maximum absolute atomic E-state index is 12.4. The molecule has 0 saturated heterocycles. The highest BCUT2D eigenvalue weighted by Gasteiger charge is 2.14. The van der Waals surface area contributed by atoms with E-state index in [9.17, 15) is 9.59 Å². The Kier molecular flexibility index (Phi) is 13.6. The number of hydrogen-bond acceptors (Lipinski definition) is 6. The van der Waals surface area contributed by atoms with Gasteiger partial charge in [-0.05, 0) is 68.3 Å². The van der Waals surface area contributed by atoms with E-state index in [-0.39, 0.29) is 6.10 Å². The summed E-state index contributed by atoms with van der Waals surface area (Å²) >= 11 is 0. The van der Waals surface area contributed by atoms with Gasteiger partial charge in [0.05, 0.1) is 24.3 Å². The quantitative estimate of drug-likeness (QED) is 0.137. The number of ether oxygens (including phenoxy) is 4. The molecule has 2 rings (SSSR count). The van der Waals surface area contributed by atoms with Gasteiger partial charge in [0.15, 0.2) is 0 Å². The number of carbonyl (C=O) groups is 2. The van der Waals surface area contributed by atoms with E-state index in [1.54, 1.807) is 55.5 Å². The van der Waals surface area contributed by atoms with Crippen LogP contribution in [0.1, 0.15) is 92.9 Å². The Bertz CT molecular complexity index is 860. The van der Waals surface area contributed by atoms with Crippen LogP contribution in [0.2, 0.25) is 0 Å². The van der Waals surface area contributed by atoms with Crippen molar-refractivity contribution in [3.8, 4) is 11.5 Å². The first-order chi connectivity index (χ1) is 17.0. The highest BCUT2D eigenvalue weighted by atomic mass is 16.6. The van der Waals surface area contributed by atoms with Crippen molar-refractivity contribution in [1.29, 1.82) is 0 Å². The van der Waals surface area contributed by atoms with Crippen molar-refractivity contribution in [3.63, 3.8) is 0 Å². The first-order valence-corrected chi connectivity index (χ1v) is 12.9. The minimum Gasteiger partial charge on any atom is -0.494 e. The zero-order valence-electron chi connectivity index (χ0n) is 21.4. The van der Waals surface area contributed by atoms with Gasteiger partial charge in [-0.15, -0.1) is 0 Å². The average Bonchev–Trinajstić information content (AvgIpc) is 2.86. The molecule has 6 nitrogen and oxygen atoms in total. The molecule has 192 valence electrons. The molecule has 6 heteroatoms. The van der Waals surface area contributed by atoms with E-state index in [2.05, 4.69) is 13.8 Å². The summed E-state index contributed by atoms with van der Waals surface area (Å²) in [6.07, 6.45) is 8.86. The number of carbonyl (C=O) groups excluding carboxylic acids is 2. The summed E-state index contributed by atoms with van der Waals surface area (Å²) < 4.78 is 22.1. The van der Waals surface area contributed by atoms with Crippen molar-refractivity contribution >= 4 is 11.9 Å². The summed E-state index contributed by atoms with van der Waals surface area (Å²) in [4.78, 5) is 24.8. The van der Waals surface area contributed by atoms with Crippen LogP contribution < -0.4 is 9.47 Å². The Morgan fingerprint density at radius 3 is 1.89 bits per heavy atom. The van der Waals surface area contributed by atoms with Gasteiger partial charge in [-0.25, -0.2) is 9.59 Å². The fraction of sp³-hybridized carbons (Fsp3) is 0.517. The largest absolute Gasteiger partial charge is 0.494 e. The van der Waals surface area contributed by atoms with Gasteiger partial charge < -0.3 is 18.9 Å². The van der Waals surface area contributed by atoms with Gasteiger partial charge in [0.1, 0.15) is 17.6 Å². The second kappa shape index (κ2) is 16.7. The number of hydrogen-bond donors (Lipinski definition) is 0. The molecule has 0 aromatic heterocycles. The standard InChI is InChI=1S/C29H40O6/c1-4-6-8-9-11-21-33-26-16-12-25(13-17-26)29(31)35-27-18-14-24(15-19-27)28(30)34-23(3)22-32-20-10-7-5-2/h12-19,23H,4-11,20-22H2,1-3H3/t23-/m0/s1. The van der Waals surface area contributed by atoms with Crippen molar-refractivity contribution in [2.45, 2.75) is 78.2 Å². The van der Waals surface area contributed by atoms with E-state index in [0.29, 0.717) is 36.7 Å². The predicted octanol–water partition coefficient (Wildman–Crippen LogP) is 7.01. The molecule has 0 aliphatic heterocycles. The molecule has 35 heavy (non-hydrogen) atoms. The van der Waals surface area contributed by atoms with Crippen molar-refractivity contribution in [2.24, 2.45) is 0 Å². The lowest BCUT2D eigenvalue weighted by Crippen LogP contribution is -2.20. The van der Waals surface area contributed by atoms with Crippen LogP contribution in [-0.2, 0) is 9.47 Å². The van der Waals surface area contributed by atoms with Crippen LogP contribution in [0.25, 0.3) is 0 Å². The summed E-state index contributed by atoms with van der Waals surface area (Å²) in [5.74, 6) is 0.181. The minimum atomic E-state index is -0.472. The summed E-state index contributed by atoms with van der Waals surface area (Å²) in [7, 11) is 0. The molecule has 2 aromatic carbocycles. The molecule has 0 amide bonds. The van der Waals surface area contributed by atoms with E-state index < -0.39 is 11.9 Å². The van der Waals surface area contributed by atoms with Crippen LogP contribution in [-0.4, -0.2) is 37.9 Å². The van der Waals surface area contributed by atoms with Gasteiger partial charge in [-0.3, -0.25) is 0 Å². The Labute approximate surface area is 209 Å². The van der Waals surface area contributed by atoms with E-state index in [1.165, 1.54) is 25.7 Å². The molecule has 0 radical (unpaired) electrons. The minimum absolute atomic E-state index is 0.338. The van der Waals surface area contributed by atoms with Crippen LogP contribution in [0.3, 0.4) is 0 Å². The molecule has 0 fully saturated rings. The Morgan fingerprint density at radius 2 is 1.23 bits per heavy atom. The van der Waals surface area contributed by atoms with Crippen LogP contribution in [0, 0.1) is 0 Å². The molecule has 0 heterocycles. The summed E-state index contributed by atoms with van der Waals surface area (Å²) in [5, 5.41) is 0. The third-order valence-corrected chi connectivity index (χ3v) is 5.46. The molecule has 0 aliphatic carbocycles. The highest BCUT2D eigenvalue weighted by Crippen LogP contribution is 2.18. The van der Waals surface area contributed by atoms with Crippen molar-refractivity contribution in [3.05, 3.63) is 59.7 Å². The van der Waals surface area contributed by atoms with Gasteiger partial charge in [-0.1, -0.05) is 52.4 Å². The number of benzene rings is 2. The summed E-state index contributed by atoms with van der Waals surface area (Å²) in [6.45, 7) is 7.85. The van der Waals surface area contributed by atoms with Gasteiger partial charge in [0, 0.05) is 6.61 Å². The van der Waals surface area contributed by atoms with E-state index in [1.807, 2.05) is 0 Å².